The van der Waals surface area contributed by atoms with Gasteiger partial charge in [-0.2, -0.15) is 0 Å². The molecule has 27 heavy (non-hydrogen) atoms. The third-order valence-corrected chi connectivity index (χ3v) is 14.4. The highest BCUT2D eigenvalue weighted by atomic mass is 28.4. The average molecular weight is 418 g/mol. The molecule has 0 saturated carbocycles. The van der Waals surface area contributed by atoms with Crippen LogP contribution in [0.1, 0.15) is 61.8 Å². The van der Waals surface area contributed by atoms with Crippen molar-refractivity contribution in [1.82, 2.24) is 4.90 Å². The molecule has 162 valence electrons. The zero-order valence-corrected chi connectivity index (χ0v) is 22.0. The fourth-order valence-electron chi connectivity index (χ4n) is 4.50. The van der Waals surface area contributed by atoms with Gasteiger partial charge in [0.2, 0.25) is 0 Å². The Bertz CT molecular complexity index is 417. The van der Waals surface area contributed by atoms with E-state index < -0.39 is 16.6 Å². The number of rotatable bonds is 13. The largest absolute Gasteiger partial charge is 0.518 e. The SMILES string of the molecule is CCO[Si](C)(C)CCCN(C)CC(C)C(=O)O[Si](C(C)C)(C(C)C)C(C)C. The molecule has 1 unspecified atom stereocenters. The van der Waals surface area contributed by atoms with Gasteiger partial charge in [-0.25, -0.2) is 0 Å². The van der Waals surface area contributed by atoms with Crippen LogP contribution in [0.3, 0.4) is 0 Å². The molecule has 4 nitrogen and oxygen atoms in total. The van der Waals surface area contributed by atoms with E-state index in [4.69, 9.17) is 8.85 Å². The van der Waals surface area contributed by atoms with Crippen molar-refractivity contribution in [1.29, 1.82) is 0 Å². The molecule has 0 aliphatic heterocycles. The Hall–Kier alpha value is -0.176. The Morgan fingerprint density at radius 3 is 1.85 bits per heavy atom. The van der Waals surface area contributed by atoms with Crippen LogP contribution in [0.2, 0.25) is 35.8 Å². The van der Waals surface area contributed by atoms with Crippen LogP contribution in [-0.4, -0.2) is 54.2 Å². The van der Waals surface area contributed by atoms with Crippen molar-refractivity contribution in [2.75, 3.05) is 26.7 Å². The topological polar surface area (TPSA) is 38.8 Å². The van der Waals surface area contributed by atoms with Crippen molar-refractivity contribution >= 4 is 22.6 Å². The predicted molar refractivity (Wildman–Crippen MR) is 122 cm³/mol. The summed E-state index contributed by atoms with van der Waals surface area (Å²) in [6.45, 7) is 24.6. The number of hydrogen-bond donors (Lipinski definition) is 0. The first-order valence-corrected chi connectivity index (χ1v) is 16.1. The summed E-state index contributed by atoms with van der Waals surface area (Å²) in [5, 5.41) is 0. The summed E-state index contributed by atoms with van der Waals surface area (Å²) >= 11 is 0. The van der Waals surface area contributed by atoms with Crippen LogP contribution in [0.15, 0.2) is 0 Å². The van der Waals surface area contributed by atoms with Gasteiger partial charge in [-0.15, -0.1) is 0 Å². The lowest BCUT2D eigenvalue weighted by molar-refractivity contribution is -0.140. The van der Waals surface area contributed by atoms with Crippen molar-refractivity contribution in [3.63, 3.8) is 0 Å². The third-order valence-electron chi connectivity index (χ3n) is 5.83. The molecule has 0 fully saturated rings. The average Bonchev–Trinajstić information content (AvgIpc) is 2.50. The van der Waals surface area contributed by atoms with Crippen LogP contribution < -0.4 is 0 Å². The lowest BCUT2D eigenvalue weighted by Gasteiger charge is -2.42. The number of carbonyl (C=O) groups excluding carboxylic acids is 1. The summed E-state index contributed by atoms with van der Waals surface area (Å²) in [6.07, 6.45) is 1.13. The molecule has 0 saturated heterocycles. The van der Waals surface area contributed by atoms with E-state index in [1.165, 1.54) is 0 Å². The van der Waals surface area contributed by atoms with Crippen molar-refractivity contribution in [2.24, 2.45) is 5.92 Å². The maximum absolute atomic E-state index is 12.9. The lowest BCUT2D eigenvalue weighted by atomic mass is 10.2. The van der Waals surface area contributed by atoms with E-state index in [1.54, 1.807) is 0 Å². The van der Waals surface area contributed by atoms with Crippen LogP contribution in [0.5, 0.6) is 0 Å². The highest BCUT2D eigenvalue weighted by molar-refractivity contribution is 6.78. The lowest BCUT2D eigenvalue weighted by Crippen LogP contribution is -2.50. The summed E-state index contributed by atoms with van der Waals surface area (Å²) in [4.78, 5) is 15.2. The summed E-state index contributed by atoms with van der Waals surface area (Å²) in [5.41, 5.74) is 1.28. The molecule has 0 N–H and O–H groups in total. The van der Waals surface area contributed by atoms with E-state index in [1.807, 2.05) is 6.92 Å². The second-order valence-corrected chi connectivity index (χ2v) is 19.4. The van der Waals surface area contributed by atoms with Gasteiger partial charge in [0, 0.05) is 13.2 Å². The van der Waals surface area contributed by atoms with Crippen LogP contribution >= 0.6 is 0 Å². The normalized spacial score (nSPS) is 14.5. The van der Waals surface area contributed by atoms with Crippen LogP contribution in [0, 0.1) is 5.92 Å². The van der Waals surface area contributed by atoms with E-state index in [2.05, 4.69) is 73.5 Å². The summed E-state index contributed by atoms with van der Waals surface area (Å²) in [6, 6.07) is 1.16. The van der Waals surface area contributed by atoms with Gasteiger partial charge in [0.1, 0.15) is 0 Å². The Kier molecular flexibility index (Phi) is 11.7. The summed E-state index contributed by atoms with van der Waals surface area (Å²) in [7, 11) is -1.55. The molecule has 0 spiro atoms. The Balaban J connectivity index is 4.72. The van der Waals surface area contributed by atoms with Gasteiger partial charge < -0.3 is 13.8 Å². The fraction of sp³-hybridized carbons (Fsp3) is 0.952. The van der Waals surface area contributed by atoms with Gasteiger partial charge in [-0.05, 0) is 62.7 Å². The van der Waals surface area contributed by atoms with Crippen molar-refractivity contribution in [3.05, 3.63) is 0 Å². The molecule has 0 aliphatic rings. The van der Waals surface area contributed by atoms with E-state index in [9.17, 15) is 4.79 Å². The monoisotopic (exact) mass is 417 g/mol. The van der Waals surface area contributed by atoms with Gasteiger partial charge in [0.25, 0.3) is 14.3 Å². The first-order valence-electron chi connectivity index (χ1n) is 10.8. The summed E-state index contributed by atoms with van der Waals surface area (Å²) < 4.78 is 12.2. The Labute approximate surface area is 171 Å². The molecular weight excluding hydrogens is 370 g/mol. The van der Waals surface area contributed by atoms with Gasteiger partial charge in [0.05, 0.1) is 5.92 Å². The van der Waals surface area contributed by atoms with Crippen molar-refractivity contribution in [3.8, 4) is 0 Å². The highest BCUT2D eigenvalue weighted by Gasteiger charge is 2.48. The van der Waals surface area contributed by atoms with Gasteiger partial charge in [-0.1, -0.05) is 48.5 Å². The highest BCUT2D eigenvalue weighted by Crippen LogP contribution is 2.42. The third kappa shape index (κ3) is 8.38. The maximum Gasteiger partial charge on any atom is 0.296 e. The molecule has 6 heteroatoms. The van der Waals surface area contributed by atoms with Crippen LogP contribution in [-0.2, 0) is 13.6 Å². The zero-order valence-electron chi connectivity index (χ0n) is 20.0. The van der Waals surface area contributed by atoms with E-state index >= 15 is 0 Å². The first kappa shape index (κ1) is 26.8. The van der Waals surface area contributed by atoms with Gasteiger partial charge in [0.15, 0.2) is 8.32 Å². The van der Waals surface area contributed by atoms with Crippen LogP contribution in [0.25, 0.3) is 0 Å². The maximum atomic E-state index is 12.9. The van der Waals surface area contributed by atoms with Crippen molar-refractivity contribution in [2.45, 2.75) is 97.6 Å². The predicted octanol–water partition coefficient (Wildman–Crippen LogP) is 5.90. The Morgan fingerprint density at radius 2 is 1.44 bits per heavy atom. The molecule has 0 aromatic carbocycles. The minimum Gasteiger partial charge on any atom is -0.518 e. The molecule has 0 aromatic rings. The molecule has 0 aromatic heterocycles. The molecule has 0 radical (unpaired) electrons. The molecular formula is C21H47NO3Si2. The molecule has 1 atom stereocenters. The second-order valence-electron chi connectivity index (χ2n) is 9.70. The molecule has 0 bridgehead atoms. The van der Waals surface area contributed by atoms with Gasteiger partial charge in [-0.3, -0.25) is 4.79 Å². The fourth-order valence-corrected chi connectivity index (χ4v) is 11.7. The minimum atomic E-state index is -2.14. The van der Waals surface area contributed by atoms with E-state index in [0.29, 0.717) is 16.6 Å². The van der Waals surface area contributed by atoms with Crippen LogP contribution in [0.4, 0.5) is 0 Å². The number of nitrogens with zero attached hydrogens (tertiary/aromatic N) is 1. The first-order chi connectivity index (χ1) is 12.3. The summed E-state index contributed by atoms with van der Waals surface area (Å²) in [5.74, 6) is -0.0936. The number of hydrogen-bond acceptors (Lipinski definition) is 4. The number of carbonyl (C=O) groups is 1. The quantitative estimate of drug-likeness (QED) is 0.349. The Morgan fingerprint density at radius 1 is 0.963 bits per heavy atom. The van der Waals surface area contributed by atoms with Gasteiger partial charge >= 0.3 is 0 Å². The molecule has 0 amide bonds. The molecule has 0 rings (SSSR count). The smallest absolute Gasteiger partial charge is 0.296 e. The standard InChI is InChI=1S/C21H47NO3Si2/c1-12-24-26(10,11)15-13-14-22(9)16-20(8)21(23)25-27(17(2)3,18(4)5)19(6)7/h17-20H,12-16H2,1-11H3. The second kappa shape index (κ2) is 11.7. The van der Waals surface area contributed by atoms with E-state index in [-0.39, 0.29) is 11.9 Å². The minimum absolute atomic E-state index is 0.00589. The zero-order chi connectivity index (χ0) is 21.4. The van der Waals surface area contributed by atoms with E-state index in [0.717, 1.165) is 32.2 Å². The molecule has 0 aliphatic carbocycles. The molecule has 0 heterocycles. The van der Waals surface area contributed by atoms with Crippen molar-refractivity contribution < 1.29 is 13.6 Å².